The first-order valence-electron chi connectivity index (χ1n) is 10.9. The Hall–Kier alpha value is -3.05. The fourth-order valence-corrected chi connectivity index (χ4v) is 4.11. The van der Waals surface area contributed by atoms with Crippen LogP contribution in [-0.2, 0) is 17.8 Å². The van der Waals surface area contributed by atoms with Crippen LogP contribution in [0.2, 0.25) is 0 Å². The van der Waals surface area contributed by atoms with Crippen molar-refractivity contribution in [3.05, 3.63) is 77.5 Å². The molecule has 5 heteroatoms. The van der Waals surface area contributed by atoms with Gasteiger partial charge in [-0.3, -0.25) is 0 Å². The number of aliphatic hydroxyl groups is 1. The highest BCUT2D eigenvalue weighted by atomic mass is 16.6. The van der Waals surface area contributed by atoms with Crippen molar-refractivity contribution >= 4 is 23.1 Å². The second-order valence-corrected chi connectivity index (χ2v) is 8.84. The van der Waals surface area contributed by atoms with Crippen molar-refractivity contribution in [2.45, 2.75) is 51.4 Å². The van der Waals surface area contributed by atoms with Gasteiger partial charge >= 0.3 is 6.09 Å². The van der Waals surface area contributed by atoms with E-state index in [-0.39, 0.29) is 12.1 Å². The van der Waals surface area contributed by atoms with Gasteiger partial charge in [0.2, 0.25) is 0 Å². The molecule has 3 aromatic rings. The molecule has 1 aliphatic rings. The third-order valence-electron chi connectivity index (χ3n) is 5.75. The van der Waals surface area contributed by atoms with E-state index in [4.69, 9.17) is 4.74 Å². The summed E-state index contributed by atoms with van der Waals surface area (Å²) in [7, 11) is 0. The van der Waals surface area contributed by atoms with E-state index in [1.165, 1.54) is 5.56 Å². The van der Waals surface area contributed by atoms with E-state index in [1.807, 2.05) is 53.6 Å². The Morgan fingerprint density at radius 2 is 2.06 bits per heavy atom. The minimum absolute atomic E-state index is 0.137. The molecule has 2 N–H and O–H groups in total. The van der Waals surface area contributed by atoms with Crippen LogP contribution >= 0.6 is 0 Å². The van der Waals surface area contributed by atoms with Crippen LogP contribution in [0.1, 0.15) is 43.4 Å². The van der Waals surface area contributed by atoms with Crippen LogP contribution in [0.5, 0.6) is 0 Å². The molecule has 2 aromatic carbocycles. The molecule has 0 aliphatic carbocycles. The van der Waals surface area contributed by atoms with Crippen LogP contribution in [0.15, 0.2) is 60.8 Å². The zero-order chi connectivity index (χ0) is 21.8. The topological polar surface area (TPSA) is 65.6 Å². The second-order valence-electron chi connectivity index (χ2n) is 8.84. The summed E-state index contributed by atoms with van der Waals surface area (Å²) in [5, 5.41) is 11.1. The van der Waals surface area contributed by atoms with Gasteiger partial charge in [0.05, 0.1) is 5.60 Å². The molecule has 1 fully saturated rings. The Morgan fingerprint density at radius 3 is 2.84 bits per heavy atom. The molecule has 1 aliphatic heterocycles. The number of carbonyl (C=O) groups excluding carboxylic acids is 1. The van der Waals surface area contributed by atoms with E-state index in [0.717, 1.165) is 47.8 Å². The number of H-pyrrole nitrogens is 1. The molecule has 0 unspecified atom stereocenters. The lowest BCUT2D eigenvalue weighted by molar-refractivity contribution is 0.0921. The number of aromatic amines is 1. The first-order chi connectivity index (χ1) is 14.9. The van der Waals surface area contributed by atoms with Crippen LogP contribution in [0.3, 0.4) is 0 Å². The Morgan fingerprint density at radius 1 is 1.26 bits per heavy atom. The Bertz CT molecular complexity index is 1060. The third-order valence-corrected chi connectivity index (χ3v) is 5.75. The van der Waals surface area contributed by atoms with E-state index in [9.17, 15) is 9.90 Å². The maximum Gasteiger partial charge on any atom is 0.410 e. The van der Waals surface area contributed by atoms with Crippen molar-refractivity contribution in [2.75, 3.05) is 6.54 Å². The van der Waals surface area contributed by atoms with Crippen LogP contribution < -0.4 is 0 Å². The smallest absolute Gasteiger partial charge is 0.410 e. The molecule has 0 bridgehead atoms. The molecule has 31 heavy (non-hydrogen) atoms. The SMILES string of the molecule is CC(C)(O)C=Cc1ccc2[nH]cc(C[C@H]3CCCN3C(=O)OCc3ccccc3)c2c1. The first-order valence-corrected chi connectivity index (χ1v) is 10.9. The number of aromatic nitrogens is 1. The minimum atomic E-state index is -0.847. The number of nitrogens with zero attached hydrogens (tertiary/aromatic N) is 1. The van der Waals surface area contributed by atoms with Gasteiger partial charge in [-0.05, 0) is 61.9 Å². The van der Waals surface area contributed by atoms with Crippen molar-refractivity contribution in [1.29, 1.82) is 0 Å². The van der Waals surface area contributed by atoms with Crippen molar-refractivity contribution in [3.63, 3.8) is 0 Å². The molecular weight excluding hydrogens is 388 g/mol. The molecule has 0 radical (unpaired) electrons. The van der Waals surface area contributed by atoms with E-state index < -0.39 is 5.60 Å². The van der Waals surface area contributed by atoms with Crippen LogP contribution in [0.25, 0.3) is 17.0 Å². The second kappa shape index (κ2) is 8.98. The lowest BCUT2D eigenvalue weighted by Crippen LogP contribution is -2.37. The van der Waals surface area contributed by atoms with Crippen LogP contribution in [-0.4, -0.2) is 39.3 Å². The average Bonchev–Trinajstić information content (AvgIpc) is 3.38. The van der Waals surface area contributed by atoms with E-state index in [1.54, 1.807) is 19.9 Å². The number of carbonyl (C=O) groups is 1. The lowest BCUT2D eigenvalue weighted by Gasteiger charge is -2.24. The number of benzene rings is 2. The average molecular weight is 419 g/mol. The summed E-state index contributed by atoms with van der Waals surface area (Å²) in [5.41, 5.74) is 3.46. The molecule has 0 saturated carbocycles. The summed E-state index contributed by atoms with van der Waals surface area (Å²) in [6.07, 6.45) is 8.30. The van der Waals surface area contributed by atoms with Gasteiger partial charge in [0.15, 0.2) is 0 Å². The number of nitrogens with one attached hydrogen (secondary N) is 1. The van der Waals surface area contributed by atoms with Gasteiger partial charge in [-0.1, -0.05) is 48.6 Å². The highest BCUT2D eigenvalue weighted by Crippen LogP contribution is 2.27. The standard InChI is InChI=1S/C26H30N2O3/c1-26(2,30)13-12-19-10-11-24-23(15-19)21(17-27-24)16-22-9-6-14-28(22)25(29)31-18-20-7-4-3-5-8-20/h3-5,7-8,10-13,15,17,22,27,30H,6,9,14,16,18H2,1-2H3/t22-/m1/s1. The maximum absolute atomic E-state index is 12.7. The zero-order valence-corrected chi connectivity index (χ0v) is 18.2. The fraction of sp³-hybridized carbons (Fsp3) is 0.346. The summed E-state index contributed by atoms with van der Waals surface area (Å²) in [6, 6.07) is 16.1. The van der Waals surface area contributed by atoms with Gasteiger partial charge in [-0.25, -0.2) is 4.79 Å². The van der Waals surface area contributed by atoms with Gasteiger partial charge in [-0.2, -0.15) is 0 Å². The molecule has 162 valence electrons. The summed E-state index contributed by atoms with van der Waals surface area (Å²) >= 11 is 0. The zero-order valence-electron chi connectivity index (χ0n) is 18.2. The number of amides is 1. The molecule has 5 nitrogen and oxygen atoms in total. The van der Waals surface area contributed by atoms with Gasteiger partial charge in [-0.15, -0.1) is 0 Å². The Kier molecular flexibility index (Phi) is 6.14. The summed E-state index contributed by atoms with van der Waals surface area (Å²) in [6.45, 7) is 4.55. The highest BCUT2D eigenvalue weighted by Gasteiger charge is 2.30. The number of hydrogen-bond donors (Lipinski definition) is 2. The predicted molar refractivity (Wildman–Crippen MR) is 124 cm³/mol. The normalized spacial score (nSPS) is 17.0. The molecule has 0 spiro atoms. The molecule has 2 heterocycles. The van der Waals surface area contributed by atoms with Gasteiger partial charge in [0, 0.05) is 29.7 Å². The van der Waals surface area contributed by atoms with Crippen LogP contribution in [0, 0.1) is 0 Å². The van der Waals surface area contributed by atoms with Crippen molar-refractivity contribution in [2.24, 2.45) is 0 Å². The molecule has 1 saturated heterocycles. The maximum atomic E-state index is 12.7. The largest absolute Gasteiger partial charge is 0.445 e. The van der Waals surface area contributed by atoms with Crippen molar-refractivity contribution in [1.82, 2.24) is 9.88 Å². The number of likely N-dealkylation sites (tertiary alicyclic amines) is 1. The third kappa shape index (κ3) is 5.36. The fourth-order valence-electron chi connectivity index (χ4n) is 4.11. The number of hydrogen-bond acceptors (Lipinski definition) is 3. The van der Waals surface area contributed by atoms with Crippen molar-refractivity contribution < 1.29 is 14.6 Å². The summed E-state index contributed by atoms with van der Waals surface area (Å²) in [5.74, 6) is 0. The molecular formula is C26H30N2O3. The molecule has 4 rings (SSSR count). The van der Waals surface area contributed by atoms with E-state index in [0.29, 0.717) is 6.61 Å². The summed E-state index contributed by atoms with van der Waals surface area (Å²) < 4.78 is 5.58. The van der Waals surface area contributed by atoms with E-state index >= 15 is 0 Å². The summed E-state index contributed by atoms with van der Waals surface area (Å²) in [4.78, 5) is 17.9. The Labute approximate surface area is 183 Å². The van der Waals surface area contributed by atoms with Gasteiger partial charge < -0.3 is 19.7 Å². The number of ether oxygens (including phenoxy) is 1. The Balaban J connectivity index is 1.46. The van der Waals surface area contributed by atoms with Gasteiger partial charge in [0.1, 0.15) is 6.61 Å². The highest BCUT2D eigenvalue weighted by molar-refractivity contribution is 5.85. The monoisotopic (exact) mass is 418 g/mol. The first kappa shape index (κ1) is 21.2. The van der Waals surface area contributed by atoms with Crippen LogP contribution in [0.4, 0.5) is 4.79 Å². The van der Waals surface area contributed by atoms with Crippen molar-refractivity contribution in [3.8, 4) is 0 Å². The number of fused-ring (bicyclic) bond motifs is 1. The van der Waals surface area contributed by atoms with E-state index in [2.05, 4.69) is 17.1 Å². The predicted octanol–water partition coefficient (Wildman–Crippen LogP) is 5.30. The molecule has 1 amide bonds. The van der Waals surface area contributed by atoms with Gasteiger partial charge in [0.25, 0.3) is 0 Å². The molecule has 1 aromatic heterocycles. The minimum Gasteiger partial charge on any atom is -0.445 e. The quantitative estimate of drug-likeness (QED) is 0.571. The lowest BCUT2D eigenvalue weighted by atomic mass is 10.0. The molecule has 1 atom stereocenters. The number of rotatable bonds is 6.